The van der Waals surface area contributed by atoms with Gasteiger partial charge in [0.15, 0.2) is 0 Å². The van der Waals surface area contributed by atoms with E-state index >= 15 is 0 Å². The lowest BCUT2D eigenvalue weighted by Gasteiger charge is -2.25. The van der Waals surface area contributed by atoms with Gasteiger partial charge in [0.25, 0.3) is 0 Å². The van der Waals surface area contributed by atoms with Crippen LogP contribution in [0.4, 0.5) is 17.1 Å². The average molecular weight is 526 g/mol. The number of hydrogen-bond donors (Lipinski definition) is 2. The van der Waals surface area contributed by atoms with Crippen molar-refractivity contribution in [3.8, 4) is 22.3 Å². The molecule has 2 N–H and O–H groups in total. The number of fused-ring (bicyclic) bond motifs is 1. The number of carboxylic acids is 2. The zero-order valence-corrected chi connectivity index (χ0v) is 21.2. The number of hydrogen-bond acceptors (Lipinski definition) is 5. The van der Waals surface area contributed by atoms with Crippen LogP contribution in [0, 0.1) is 0 Å². The molecule has 1 heterocycles. The van der Waals surface area contributed by atoms with Gasteiger partial charge in [-0.1, -0.05) is 66.7 Å². The van der Waals surface area contributed by atoms with E-state index in [9.17, 15) is 19.8 Å². The Morgan fingerprint density at radius 2 is 1.02 bits per heavy atom. The van der Waals surface area contributed by atoms with E-state index in [0.29, 0.717) is 16.5 Å². The minimum absolute atomic E-state index is 0.258. The molecule has 0 unspecified atom stereocenters. The molecule has 0 spiro atoms. The van der Waals surface area contributed by atoms with E-state index in [1.54, 1.807) is 6.07 Å². The van der Waals surface area contributed by atoms with Crippen molar-refractivity contribution in [2.45, 2.75) is 0 Å². The minimum Gasteiger partial charge on any atom is -0.478 e. The highest BCUT2D eigenvalue weighted by Crippen LogP contribution is 2.35. The standard InChI is InChI=1S/C33H23N3O4/c37-32(38)28-16-13-22(19-29(28)33(39)40)27-18-17-26(30-31(27)35-20-34-30)21-11-14-25(15-12-21)36(23-7-3-1-4-8-23)24-9-5-2-6-10-24/h1-19H,20H2,(H,37,38)(H,39,40). The van der Waals surface area contributed by atoms with Crippen molar-refractivity contribution in [2.24, 2.45) is 9.98 Å². The second-order valence-corrected chi connectivity index (χ2v) is 9.24. The Bertz CT molecular complexity index is 1830. The SMILES string of the molecule is O=C(O)c1ccc(-c2ccc(-c3ccc(N(c4ccccc4)c4ccccc4)cc3)c3c2=NCN=3)cc1C(=O)O. The highest BCUT2D eigenvalue weighted by Gasteiger charge is 2.19. The summed E-state index contributed by atoms with van der Waals surface area (Å²) in [6, 6.07) is 36.8. The van der Waals surface area contributed by atoms with Crippen LogP contribution >= 0.6 is 0 Å². The number of aromatic carboxylic acids is 2. The third kappa shape index (κ3) is 4.50. The van der Waals surface area contributed by atoms with Crippen molar-refractivity contribution in [1.82, 2.24) is 0 Å². The Labute approximate surface area is 229 Å². The molecule has 6 rings (SSSR count). The largest absolute Gasteiger partial charge is 0.478 e. The van der Waals surface area contributed by atoms with Gasteiger partial charge in [-0.05, 0) is 59.7 Å². The van der Waals surface area contributed by atoms with Crippen molar-refractivity contribution in [1.29, 1.82) is 0 Å². The first-order valence-corrected chi connectivity index (χ1v) is 12.6. The van der Waals surface area contributed by atoms with E-state index in [2.05, 4.69) is 63.4 Å². The molecule has 0 fully saturated rings. The summed E-state index contributed by atoms with van der Waals surface area (Å²) < 4.78 is 0. The fraction of sp³-hybridized carbons (Fsp3) is 0.0303. The van der Waals surface area contributed by atoms with E-state index in [0.717, 1.165) is 33.5 Å². The Balaban J connectivity index is 1.40. The molecule has 0 aliphatic carbocycles. The van der Waals surface area contributed by atoms with Crippen molar-refractivity contribution < 1.29 is 19.8 Å². The van der Waals surface area contributed by atoms with E-state index in [1.807, 2.05) is 48.5 Å². The van der Waals surface area contributed by atoms with Crippen molar-refractivity contribution >= 4 is 29.0 Å². The second kappa shape index (κ2) is 10.3. The van der Waals surface area contributed by atoms with Crippen LogP contribution in [0.15, 0.2) is 125 Å². The van der Waals surface area contributed by atoms with E-state index in [-0.39, 0.29) is 17.8 Å². The average Bonchev–Trinajstić information content (AvgIpc) is 3.48. The number of rotatable bonds is 7. The van der Waals surface area contributed by atoms with Gasteiger partial charge in [0.05, 0.1) is 21.8 Å². The van der Waals surface area contributed by atoms with Crippen LogP contribution in [0.2, 0.25) is 0 Å². The smallest absolute Gasteiger partial charge is 0.336 e. The summed E-state index contributed by atoms with van der Waals surface area (Å²) >= 11 is 0. The van der Waals surface area contributed by atoms with Gasteiger partial charge in [0, 0.05) is 28.2 Å². The fourth-order valence-electron chi connectivity index (χ4n) is 5.01. The summed E-state index contributed by atoms with van der Waals surface area (Å²) in [5.74, 6) is -2.58. The molecule has 5 aromatic rings. The summed E-state index contributed by atoms with van der Waals surface area (Å²) in [5, 5.41) is 20.3. The van der Waals surface area contributed by atoms with Crippen molar-refractivity contribution in [2.75, 3.05) is 11.6 Å². The first-order chi connectivity index (χ1) is 19.5. The Morgan fingerprint density at radius 3 is 1.55 bits per heavy atom. The lowest BCUT2D eigenvalue weighted by molar-refractivity contribution is 0.0651. The van der Waals surface area contributed by atoms with Gasteiger partial charge in [0.1, 0.15) is 6.67 Å². The van der Waals surface area contributed by atoms with Gasteiger partial charge in [-0.3, -0.25) is 9.98 Å². The number of benzene rings is 5. The summed E-state index contributed by atoms with van der Waals surface area (Å²) in [4.78, 5) is 34.6. The quantitative estimate of drug-likeness (QED) is 0.267. The maximum Gasteiger partial charge on any atom is 0.336 e. The number of carbonyl (C=O) groups is 2. The van der Waals surface area contributed by atoms with E-state index in [1.165, 1.54) is 12.1 Å². The first kappa shape index (κ1) is 24.8. The lowest BCUT2D eigenvalue weighted by Crippen LogP contribution is -2.26. The molecule has 1 aliphatic heterocycles. The molecule has 1 aliphatic rings. The van der Waals surface area contributed by atoms with Crippen LogP contribution in [0.3, 0.4) is 0 Å². The molecular formula is C33H23N3O4. The molecule has 7 heteroatoms. The monoisotopic (exact) mass is 525 g/mol. The van der Waals surface area contributed by atoms with Gasteiger partial charge in [-0.2, -0.15) is 0 Å². The summed E-state index contributed by atoms with van der Waals surface area (Å²) in [6.45, 7) is 0.270. The van der Waals surface area contributed by atoms with Gasteiger partial charge >= 0.3 is 11.9 Å². The molecule has 194 valence electrons. The molecular weight excluding hydrogens is 502 g/mol. The van der Waals surface area contributed by atoms with E-state index in [4.69, 9.17) is 0 Å². The summed E-state index contributed by atoms with van der Waals surface area (Å²) in [7, 11) is 0. The van der Waals surface area contributed by atoms with Crippen LogP contribution in [0.5, 0.6) is 0 Å². The normalized spacial score (nSPS) is 11.7. The Kier molecular flexibility index (Phi) is 6.38. The van der Waals surface area contributed by atoms with Crippen LogP contribution < -0.4 is 15.6 Å². The lowest BCUT2D eigenvalue weighted by atomic mass is 9.95. The van der Waals surface area contributed by atoms with Crippen molar-refractivity contribution in [3.05, 3.63) is 137 Å². The van der Waals surface area contributed by atoms with Gasteiger partial charge in [0.2, 0.25) is 0 Å². The van der Waals surface area contributed by atoms with Gasteiger partial charge < -0.3 is 15.1 Å². The van der Waals surface area contributed by atoms with E-state index < -0.39 is 11.9 Å². The molecule has 5 aromatic carbocycles. The predicted molar refractivity (Wildman–Crippen MR) is 153 cm³/mol. The molecule has 0 bridgehead atoms. The molecule has 0 aromatic heterocycles. The molecule has 0 radical (unpaired) electrons. The summed E-state index contributed by atoms with van der Waals surface area (Å²) in [6.07, 6.45) is 0. The number of nitrogens with zero attached hydrogens (tertiary/aromatic N) is 3. The zero-order chi connectivity index (χ0) is 27.6. The molecule has 0 amide bonds. The Hall–Kier alpha value is -5.56. The number of para-hydroxylation sites is 2. The number of carboxylic acid groups (broad SMARTS) is 2. The predicted octanol–water partition coefficient (Wildman–Crippen LogP) is 6.10. The van der Waals surface area contributed by atoms with Gasteiger partial charge in [-0.25, -0.2) is 9.59 Å². The van der Waals surface area contributed by atoms with Crippen molar-refractivity contribution in [3.63, 3.8) is 0 Å². The third-order valence-electron chi connectivity index (χ3n) is 6.87. The molecule has 7 nitrogen and oxygen atoms in total. The van der Waals surface area contributed by atoms with Crippen LogP contribution in [-0.2, 0) is 0 Å². The summed E-state index contributed by atoms with van der Waals surface area (Å²) in [5.41, 5.74) is 5.75. The maximum atomic E-state index is 11.7. The van der Waals surface area contributed by atoms with Crippen LogP contribution in [0.25, 0.3) is 22.3 Å². The molecule has 0 atom stereocenters. The molecule has 0 saturated heterocycles. The zero-order valence-electron chi connectivity index (χ0n) is 21.2. The third-order valence-corrected chi connectivity index (χ3v) is 6.87. The molecule has 40 heavy (non-hydrogen) atoms. The number of anilines is 3. The maximum absolute atomic E-state index is 11.7. The Morgan fingerprint density at radius 1 is 0.550 bits per heavy atom. The van der Waals surface area contributed by atoms with Crippen LogP contribution in [-0.4, -0.2) is 28.8 Å². The first-order valence-electron chi connectivity index (χ1n) is 12.6. The highest BCUT2D eigenvalue weighted by atomic mass is 16.4. The topological polar surface area (TPSA) is 103 Å². The second-order valence-electron chi connectivity index (χ2n) is 9.24. The highest BCUT2D eigenvalue weighted by molar-refractivity contribution is 6.02. The molecule has 0 saturated carbocycles. The van der Waals surface area contributed by atoms with Gasteiger partial charge in [-0.15, -0.1) is 0 Å². The minimum atomic E-state index is -1.30. The fourth-order valence-corrected chi connectivity index (χ4v) is 5.01. The van der Waals surface area contributed by atoms with Crippen LogP contribution in [0.1, 0.15) is 20.7 Å².